The number of rotatable bonds is 2. The Hall–Kier alpha value is -0.785. The molecule has 3 atom stereocenters. The number of carbonyl (C=O) groups excluding carboxylic acids is 1. The Balaban J connectivity index is 2.43. The lowest BCUT2D eigenvalue weighted by Crippen LogP contribution is -2.37. The zero-order chi connectivity index (χ0) is 9.84. The van der Waals surface area contributed by atoms with Gasteiger partial charge in [-0.05, 0) is 0 Å². The minimum absolute atomic E-state index is 0.00674. The maximum Gasteiger partial charge on any atom is 0.421 e. The fourth-order valence-corrected chi connectivity index (χ4v) is 1.38. The van der Waals surface area contributed by atoms with E-state index in [2.05, 4.69) is 0 Å². The van der Waals surface area contributed by atoms with Crippen LogP contribution in [0.2, 0.25) is 0 Å². The molecule has 4 N–H and O–H groups in total. The van der Waals surface area contributed by atoms with E-state index in [1.165, 1.54) is 0 Å². The summed E-state index contributed by atoms with van der Waals surface area (Å²) < 4.78 is 10.1. The van der Waals surface area contributed by atoms with E-state index >= 15 is 0 Å². The first-order valence-corrected chi connectivity index (χ1v) is 4.11. The van der Waals surface area contributed by atoms with Crippen molar-refractivity contribution in [2.24, 2.45) is 5.84 Å². The van der Waals surface area contributed by atoms with E-state index in [4.69, 9.17) is 20.4 Å². The number of hydrazine groups is 1. The Bertz CT molecular complexity index is 191. The van der Waals surface area contributed by atoms with Crippen molar-refractivity contribution in [2.75, 3.05) is 6.61 Å². The van der Waals surface area contributed by atoms with Crippen LogP contribution < -0.4 is 11.3 Å². The van der Waals surface area contributed by atoms with Crippen LogP contribution in [0.4, 0.5) is 4.79 Å². The van der Waals surface area contributed by atoms with Gasteiger partial charge in [0.15, 0.2) is 0 Å². The lowest BCUT2D eigenvalue weighted by atomic mass is 9.96. The first-order chi connectivity index (χ1) is 6.17. The van der Waals surface area contributed by atoms with E-state index < -0.39 is 18.3 Å². The molecule has 0 aromatic carbocycles. The van der Waals surface area contributed by atoms with Crippen LogP contribution in [-0.4, -0.2) is 43.9 Å². The maximum atomic E-state index is 10.7. The number of nitrogens with one attached hydrogen (secondary N) is 1. The van der Waals surface area contributed by atoms with Crippen LogP contribution >= 0.6 is 0 Å². The van der Waals surface area contributed by atoms with Crippen LogP contribution in [0.1, 0.15) is 6.42 Å². The van der Waals surface area contributed by atoms with Crippen LogP contribution in [-0.2, 0) is 9.47 Å². The Kier molecular flexibility index (Phi) is 3.53. The summed E-state index contributed by atoms with van der Waals surface area (Å²) in [5.41, 5.74) is 1.85. The summed E-state index contributed by atoms with van der Waals surface area (Å²) in [6.45, 7) is -0.160. The number of nitrogens with two attached hydrogens (primary N) is 1. The van der Waals surface area contributed by atoms with E-state index in [0.29, 0.717) is 6.42 Å². The van der Waals surface area contributed by atoms with Crippen molar-refractivity contribution in [3.8, 4) is 0 Å². The van der Waals surface area contributed by atoms with Crippen LogP contribution in [0.15, 0.2) is 0 Å². The first kappa shape index (κ1) is 10.3. The van der Waals surface area contributed by atoms with Crippen molar-refractivity contribution in [3.63, 3.8) is 0 Å². The van der Waals surface area contributed by atoms with E-state index in [1.54, 1.807) is 0 Å². The Labute approximate surface area is 76.8 Å². The molecule has 1 fully saturated rings. The molecule has 0 aromatic rings. The molecule has 0 aliphatic carbocycles. The highest BCUT2D eigenvalue weighted by atomic mass is 16.6. The fourth-order valence-electron chi connectivity index (χ4n) is 1.38. The van der Waals surface area contributed by atoms with Gasteiger partial charge in [-0.25, -0.2) is 10.6 Å². The molecule has 1 aliphatic rings. The molecule has 0 bridgehead atoms. The minimum atomic E-state index is -0.707. The maximum absolute atomic E-state index is 10.7. The van der Waals surface area contributed by atoms with Gasteiger partial charge in [-0.2, -0.15) is 0 Å². The molecule has 1 aliphatic heterocycles. The molecule has 13 heavy (non-hydrogen) atoms. The van der Waals surface area contributed by atoms with Gasteiger partial charge >= 0.3 is 6.09 Å². The zero-order valence-corrected chi connectivity index (χ0v) is 7.40. The molecule has 7 heteroatoms. The Morgan fingerprint density at radius 1 is 1.85 bits per heavy atom. The van der Waals surface area contributed by atoms with Gasteiger partial charge in [0.05, 0.1) is 6.61 Å². The van der Waals surface area contributed by atoms with Crippen molar-refractivity contribution >= 4 is 13.9 Å². The summed E-state index contributed by atoms with van der Waals surface area (Å²) in [7, 11) is 1.85. The molecule has 74 valence electrons. The molecule has 0 aromatic heterocycles. The topological polar surface area (TPSA) is 93.8 Å². The van der Waals surface area contributed by atoms with Crippen LogP contribution in [0.3, 0.4) is 0 Å². The SMILES string of the molecule is B[C@H]1CC(OC(=O)NN)[C@@H](CO)O1. The number of carbonyl (C=O) groups is 1. The van der Waals surface area contributed by atoms with Crippen molar-refractivity contribution in [2.45, 2.75) is 24.6 Å². The van der Waals surface area contributed by atoms with E-state index in [9.17, 15) is 4.79 Å². The lowest BCUT2D eigenvalue weighted by Gasteiger charge is -2.16. The molecule has 6 nitrogen and oxygen atoms in total. The molecule has 0 saturated carbocycles. The van der Waals surface area contributed by atoms with Gasteiger partial charge < -0.3 is 14.6 Å². The van der Waals surface area contributed by atoms with Crippen molar-refractivity contribution < 1.29 is 19.4 Å². The van der Waals surface area contributed by atoms with Crippen LogP contribution in [0, 0.1) is 0 Å². The van der Waals surface area contributed by atoms with Crippen molar-refractivity contribution in [1.29, 1.82) is 0 Å². The second kappa shape index (κ2) is 4.45. The summed E-state index contributed by atoms with van der Waals surface area (Å²) >= 11 is 0. The molecule has 0 radical (unpaired) electrons. The predicted octanol–water partition coefficient (Wildman–Crippen LogP) is -2.30. The quantitative estimate of drug-likeness (QED) is 0.196. The van der Waals surface area contributed by atoms with E-state index in [-0.39, 0.29) is 12.6 Å². The number of aliphatic hydroxyl groups is 1. The third kappa shape index (κ3) is 2.58. The highest BCUT2D eigenvalue weighted by molar-refractivity contribution is 6.11. The molecule has 1 rings (SSSR count). The van der Waals surface area contributed by atoms with E-state index in [0.717, 1.165) is 0 Å². The second-order valence-corrected chi connectivity index (χ2v) is 2.99. The normalized spacial score (nSPS) is 32.9. The molecule has 0 spiro atoms. The lowest BCUT2D eigenvalue weighted by molar-refractivity contribution is -0.0116. The Morgan fingerprint density at radius 3 is 3.08 bits per heavy atom. The van der Waals surface area contributed by atoms with Crippen molar-refractivity contribution in [1.82, 2.24) is 5.43 Å². The first-order valence-electron chi connectivity index (χ1n) is 4.11. The van der Waals surface area contributed by atoms with Gasteiger partial charge in [0, 0.05) is 12.4 Å². The number of hydrogen-bond donors (Lipinski definition) is 3. The monoisotopic (exact) mass is 188 g/mol. The van der Waals surface area contributed by atoms with Gasteiger partial charge in [0.1, 0.15) is 20.1 Å². The minimum Gasteiger partial charge on any atom is -0.442 e. The van der Waals surface area contributed by atoms with Crippen molar-refractivity contribution in [3.05, 3.63) is 0 Å². The molecular formula is C6H13BN2O4. The largest absolute Gasteiger partial charge is 0.442 e. The fraction of sp³-hybridized carbons (Fsp3) is 0.833. The number of ether oxygens (including phenoxy) is 2. The predicted molar refractivity (Wildman–Crippen MR) is 46.5 cm³/mol. The van der Waals surface area contributed by atoms with Crippen LogP contribution in [0.5, 0.6) is 0 Å². The highest BCUT2D eigenvalue weighted by Crippen LogP contribution is 2.20. The summed E-state index contributed by atoms with van der Waals surface area (Å²) in [5, 5.41) is 8.87. The molecule has 1 unspecified atom stereocenters. The molecule has 1 heterocycles. The van der Waals surface area contributed by atoms with Gasteiger partial charge in [-0.15, -0.1) is 0 Å². The van der Waals surface area contributed by atoms with E-state index in [1.807, 2.05) is 13.3 Å². The zero-order valence-electron chi connectivity index (χ0n) is 7.40. The summed E-state index contributed by atoms with van der Waals surface area (Å²) in [5.74, 6) is 4.84. The molecule has 1 saturated heterocycles. The van der Waals surface area contributed by atoms with Gasteiger partial charge in [0.2, 0.25) is 0 Å². The number of hydrogen-bond acceptors (Lipinski definition) is 5. The summed E-state index contributed by atoms with van der Waals surface area (Å²) in [6.07, 6.45) is -0.976. The molecule has 1 amide bonds. The van der Waals surface area contributed by atoms with Gasteiger partial charge in [0.25, 0.3) is 0 Å². The average molecular weight is 188 g/mol. The number of aliphatic hydroxyl groups excluding tert-OH is 1. The summed E-state index contributed by atoms with van der Waals surface area (Å²) in [6, 6.07) is -0.00674. The highest BCUT2D eigenvalue weighted by Gasteiger charge is 2.34. The second-order valence-electron chi connectivity index (χ2n) is 2.99. The van der Waals surface area contributed by atoms with Gasteiger partial charge in [-0.3, -0.25) is 5.43 Å². The smallest absolute Gasteiger partial charge is 0.421 e. The third-order valence-electron chi connectivity index (χ3n) is 1.94. The average Bonchev–Trinajstić information content (AvgIpc) is 2.46. The third-order valence-corrected chi connectivity index (χ3v) is 1.94. The van der Waals surface area contributed by atoms with Crippen LogP contribution in [0.25, 0.3) is 0 Å². The standard InChI is InChI=1S/C6H13BN2O4/c7-5-1-3(4(2-10)12-5)13-6(11)9-8/h3-5,10H,1-2,7-8H2,(H,9,11)/t3?,4-,5-/m1/s1. The Morgan fingerprint density at radius 2 is 2.54 bits per heavy atom. The molecular weight excluding hydrogens is 175 g/mol. The van der Waals surface area contributed by atoms with Gasteiger partial charge in [-0.1, -0.05) is 0 Å². The number of amides is 1. The summed E-state index contributed by atoms with van der Waals surface area (Å²) in [4.78, 5) is 10.7.